The molecule has 2 aromatic rings. The summed E-state index contributed by atoms with van der Waals surface area (Å²) in [4.78, 5) is 18.3. The number of aromatic amines is 1. The zero-order valence-corrected chi connectivity index (χ0v) is 17.5. The van der Waals surface area contributed by atoms with E-state index < -0.39 is 0 Å². The van der Waals surface area contributed by atoms with Crippen molar-refractivity contribution in [2.75, 3.05) is 26.8 Å². The molecule has 1 amide bonds. The van der Waals surface area contributed by atoms with Crippen molar-refractivity contribution < 1.29 is 14.3 Å². The summed E-state index contributed by atoms with van der Waals surface area (Å²) in [6.45, 7) is 4.34. The molecule has 1 fully saturated rings. The van der Waals surface area contributed by atoms with Crippen molar-refractivity contribution in [1.29, 1.82) is 0 Å². The molecule has 0 saturated carbocycles. The number of H-pyrrole nitrogens is 1. The van der Waals surface area contributed by atoms with Crippen LogP contribution < -0.4 is 10.1 Å². The molecule has 1 atom stereocenters. The molecule has 1 unspecified atom stereocenters. The molecule has 28 heavy (non-hydrogen) atoms. The second-order valence-corrected chi connectivity index (χ2v) is 7.35. The summed E-state index contributed by atoms with van der Waals surface area (Å²) in [7, 11) is 1.60. The average Bonchev–Trinajstić information content (AvgIpc) is 3.02. The lowest BCUT2D eigenvalue weighted by molar-refractivity contribution is 0.121. The third-order valence-electron chi connectivity index (χ3n) is 4.54. The minimum absolute atomic E-state index is 0.0531. The Bertz CT molecular complexity index is 884. The van der Waals surface area contributed by atoms with Gasteiger partial charge >= 0.3 is 6.09 Å². The van der Waals surface area contributed by atoms with Crippen LogP contribution in [0.3, 0.4) is 0 Å². The molecule has 0 bridgehead atoms. The highest BCUT2D eigenvalue weighted by molar-refractivity contribution is 7.71. The van der Waals surface area contributed by atoms with Crippen molar-refractivity contribution in [1.82, 2.24) is 25.0 Å². The molecular formula is C18H24ClN5O3S. The Morgan fingerprint density at radius 3 is 3.07 bits per heavy atom. The van der Waals surface area contributed by atoms with Gasteiger partial charge in [-0.25, -0.2) is 9.48 Å². The molecule has 0 aliphatic carbocycles. The first-order valence-electron chi connectivity index (χ1n) is 9.16. The fraction of sp³-hybridized carbons (Fsp3) is 0.500. The molecule has 2 heterocycles. The van der Waals surface area contributed by atoms with Crippen LogP contribution in [0.15, 0.2) is 18.2 Å². The number of amides is 1. The highest BCUT2D eigenvalue weighted by atomic mass is 35.5. The predicted octanol–water partition coefficient (Wildman–Crippen LogP) is 3.44. The van der Waals surface area contributed by atoms with Gasteiger partial charge in [0.25, 0.3) is 0 Å². The van der Waals surface area contributed by atoms with E-state index in [0.29, 0.717) is 34.6 Å². The van der Waals surface area contributed by atoms with Crippen LogP contribution in [0, 0.1) is 4.77 Å². The van der Waals surface area contributed by atoms with Crippen molar-refractivity contribution >= 4 is 29.9 Å². The highest BCUT2D eigenvalue weighted by Gasteiger charge is 2.22. The lowest BCUT2D eigenvalue weighted by Gasteiger charge is -2.32. The number of alkyl carbamates (subject to hydrolysis) is 1. The maximum atomic E-state index is 11.7. The summed E-state index contributed by atoms with van der Waals surface area (Å²) in [6, 6.07) is 5.40. The van der Waals surface area contributed by atoms with E-state index in [1.165, 1.54) is 0 Å². The zero-order valence-electron chi connectivity index (χ0n) is 15.9. The van der Waals surface area contributed by atoms with Crippen molar-refractivity contribution in [2.24, 2.45) is 0 Å². The quantitative estimate of drug-likeness (QED) is 0.690. The molecule has 1 aromatic heterocycles. The van der Waals surface area contributed by atoms with E-state index >= 15 is 0 Å². The zero-order chi connectivity index (χ0) is 20.1. The van der Waals surface area contributed by atoms with Gasteiger partial charge in [0, 0.05) is 24.2 Å². The lowest BCUT2D eigenvalue weighted by atomic mass is 10.1. The number of rotatable bonds is 6. The second-order valence-electron chi connectivity index (χ2n) is 6.55. The summed E-state index contributed by atoms with van der Waals surface area (Å²) < 4.78 is 12.6. The van der Waals surface area contributed by atoms with Crippen LogP contribution in [0.4, 0.5) is 4.79 Å². The van der Waals surface area contributed by atoms with Crippen molar-refractivity contribution in [3.63, 3.8) is 0 Å². The largest absolute Gasteiger partial charge is 0.496 e. The predicted molar refractivity (Wildman–Crippen MR) is 109 cm³/mol. The number of aromatic nitrogens is 3. The Morgan fingerprint density at radius 2 is 2.32 bits per heavy atom. The van der Waals surface area contributed by atoms with E-state index in [-0.39, 0.29) is 12.1 Å². The average molecular weight is 426 g/mol. The van der Waals surface area contributed by atoms with Crippen LogP contribution in [0.25, 0.3) is 11.4 Å². The number of hydrogen-bond acceptors (Lipinski definition) is 6. The topological polar surface area (TPSA) is 84.4 Å². The number of hydrogen-bond donors (Lipinski definition) is 2. The van der Waals surface area contributed by atoms with Crippen LogP contribution in [0.2, 0.25) is 5.02 Å². The first kappa shape index (κ1) is 20.6. The first-order valence-corrected chi connectivity index (χ1v) is 9.95. The van der Waals surface area contributed by atoms with Crippen LogP contribution >= 0.6 is 23.8 Å². The lowest BCUT2D eigenvalue weighted by Crippen LogP contribution is -2.48. The van der Waals surface area contributed by atoms with Crippen molar-refractivity contribution in [2.45, 2.75) is 32.5 Å². The molecular weight excluding hydrogens is 402 g/mol. The minimum Gasteiger partial charge on any atom is -0.496 e. The van der Waals surface area contributed by atoms with Gasteiger partial charge in [0.15, 0.2) is 5.82 Å². The number of piperidine rings is 1. The molecule has 1 aliphatic heterocycles. The minimum atomic E-state index is -0.372. The number of nitrogens with one attached hydrogen (secondary N) is 2. The summed E-state index contributed by atoms with van der Waals surface area (Å²) in [5.74, 6) is 1.26. The van der Waals surface area contributed by atoms with Crippen LogP contribution in [-0.2, 0) is 11.4 Å². The Balaban J connectivity index is 1.71. The van der Waals surface area contributed by atoms with Crippen molar-refractivity contribution in [3.05, 3.63) is 28.0 Å². The third-order valence-corrected chi connectivity index (χ3v) is 5.09. The van der Waals surface area contributed by atoms with Gasteiger partial charge in [0.05, 0.1) is 25.9 Å². The molecule has 2 N–H and O–H groups in total. The van der Waals surface area contributed by atoms with Crippen LogP contribution in [0.1, 0.15) is 19.8 Å². The number of carbonyl (C=O) groups excluding carboxylic acids is 1. The smallest absolute Gasteiger partial charge is 0.407 e. The van der Waals surface area contributed by atoms with E-state index in [2.05, 4.69) is 20.3 Å². The molecule has 0 radical (unpaired) electrons. The maximum absolute atomic E-state index is 11.7. The third kappa shape index (κ3) is 5.03. The molecule has 3 rings (SSSR count). The van der Waals surface area contributed by atoms with Crippen LogP contribution in [0.5, 0.6) is 5.75 Å². The van der Waals surface area contributed by atoms with Gasteiger partial charge in [-0.05, 0) is 50.2 Å². The van der Waals surface area contributed by atoms with E-state index in [0.717, 1.165) is 31.5 Å². The van der Waals surface area contributed by atoms with Crippen LogP contribution in [-0.4, -0.2) is 58.6 Å². The number of benzene rings is 1. The molecule has 10 heteroatoms. The van der Waals surface area contributed by atoms with E-state index in [4.69, 9.17) is 33.3 Å². The molecule has 1 aliphatic rings. The first-order chi connectivity index (χ1) is 13.5. The summed E-state index contributed by atoms with van der Waals surface area (Å²) in [5, 5.41) is 6.73. The van der Waals surface area contributed by atoms with Gasteiger partial charge in [-0.1, -0.05) is 11.6 Å². The summed E-state index contributed by atoms with van der Waals surface area (Å²) in [5.41, 5.74) is 0.750. The van der Waals surface area contributed by atoms with Gasteiger partial charge in [-0.15, -0.1) is 0 Å². The normalized spacial score (nSPS) is 17.3. The molecule has 152 valence electrons. The van der Waals surface area contributed by atoms with E-state index in [1.54, 1.807) is 36.9 Å². The number of halogens is 1. The van der Waals surface area contributed by atoms with Gasteiger partial charge in [-0.2, -0.15) is 4.98 Å². The highest BCUT2D eigenvalue weighted by Crippen LogP contribution is 2.30. The van der Waals surface area contributed by atoms with Gasteiger partial charge in [0.2, 0.25) is 4.77 Å². The second kappa shape index (κ2) is 9.40. The van der Waals surface area contributed by atoms with E-state index in [9.17, 15) is 4.79 Å². The van der Waals surface area contributed by atoms with Gasteiger partial charge in [-0.3, -0.25) is 10.00 Å². The summed E-state index contributed by atoms with van der Waals surface area (Å²) in [6.07, 6.45) is 1.53. The summed E-state index contributed by atoms with van der Waals surface area (Å²) >= 11 is 11.5. The Hall–Kier alpha value is -2.10. The Kier molecular flexibility index (Phi) is 6.93. The molecule has 0 spiro atoms. The maximum Gasteiger partial charge on any atom is 0.407 e. The van der Waals surface area contributed by atoms with Crippen molar-refractivity contribution in [3.8, 4) is 17.1 Å². The fourth-order valence-corrected chi connectivity index (χ4v) is 3.65. The monoisotopic (exact) mass is 425 g/mol. The van der Waals surface area contributed by atoms with Gasteiger partial charge < -0.3 is 14.8 Å². The number of methoxy groups -OCH3 is 1. The number of ether oxygens (including phenoxy) is 2. The SMILES string of the molecule is CCOC(=O)NC1CCCN(Cn2[nH]c(-c3cc(Cl)ccc3OC)nc2=S)C1. The fourth-order valence-electron chi connectivity index (χ4n) is 3.28. The van der Waals surface area contributed by atoms with E-state index in [1.807, 2.05) is 0 Å². The van der Waals surface area contributed by atoms with Gasteiger partial charge in [0.1, 0.15) is 5.75 Å². The number of nitrogens with zero attached hydrogens (tertiary/aromatic N) is 3. The number of carbonyl (C=O) groups is 1. The standard InChI is InChI=1S/C18H24ClN5O3S/c1-3-27-18(25)20-13-5-4-8-23(10-13)11-24-17(28)21-16(22-24)14-9-12(19)6-7-15(14)26-2/h6-7,9,13H,3-5,8,10-11H2,1-2H3,(H,20,25)(H,21,22,28). The molecule has 1 aromatic carbocycles. The molecule has 1 saturated heterocycles. The Morgan fingerprint density at radius 1 is 1.50 bits per heavy atom. The number of likely N-dealkylation sites (tertiary alicyclic amines) is 1. The molecule has 8 nitrogen and oxygen atoms in total. The Labute approximate surface area is 173 Å².